The Morgan fingerprint density at radius 2 is 1.25 bits per heavy atom. The highest BCUT2D eigenvalue weighted by molar-refractivity contribution is 7.90. The Hall–Kier alpha value is -3.60. The van der Waals surface area contributed by atoms with E-state index in [0.29, 0.717) is 59.8 Å². The SMILES string of the molecule is CCOC(=O)c1cnc(N2CCC(N)CC2)c(Cl)c1.CCOC(=O)c1cnc(N2CCC(NC(=O)NS(=O)(=O)c3ccccc3)CC2)c(Cl)c1.Cl.Cl. The van der Waals surface area contributed by atoms with Crippen molar-refractivity contribution in [1.29, 1.82) is 0 Å². The number of rotatable bonds is 9. The Morgan fingerprint density at radius 3 is 1.67 bits per heavy atom. The summed E-state index contributed by atoms with van der Waals surface area (Å²) < 4.78 is 36.4. The molecule has 0 bridgehead atoms. The van der Waals surface area contributed by atoms with Gasteiger partial charge in [0, 0.05) is 50.7 Å². The van der Waals surface area contributed by atoms with Gasteiger partial charge in [-0.05, 0) is 63.8 Å². The van der Waals surface area contributed by atoms with Crippen LogP contribution in [-0.4, -0.2) is 87.8 Å². The summed E-state index contributed by atoms with van der Waals surface area (Å²) in [5.41, 5.74) is 6.53. The second kappa shape index (κ2) is 21.2. The number of hydrogen-bond acceptors (Lipinski definition) is 12. The van der Waals surface area contributed by atoms with Crippen molar-refractivity contribution in [2.45, 2.75) is 56.5 Å². The molecule has 5 rings (SSSR count). The Kier molecular flexibility index (Phi) is 18.2. The summed E-state index contributed by atoms with van der Waals surface area (Å²) >= 11 is 12.5. The van der Waals surface area contributed by atoms with Crippen molar-refractivity contribution in [2.75, 3.05) is 49.2 Å². The molecule has 19 heteroatoms. The fourth-order valence-electron chi connectivity index (χ4n) is 5.32. The fourth-order valence-corrected chi connectivity index (χ4v) is 6.83. The standard InChI is InChI=1S/C20H23ClN4O5S.C13H18ClN3O2.2ClH/c1-2-30-19(26)14-12-17(21)18(22-13-14)25-10-8-15(9-11-25)23-20(27)24-31(28,29)16-6-4-3-5-7-16;1-2-19-13(18)9-7-11(14)12(16-8-9)17-5-3-10(15)4-6-17;;/h3-7,12-13,15H,2,8-11H2,1H3,(H2,23,24,27);7-8,10H,2-6,15H2,1H3;2*1H. The number of aromatic nitrogens is 2. The Morgan fingerprint density at radius 1 is 0.808 bits per heavy atom. The minimum Gasteiger partial charge on any atom is -0.462 e. The van der Waals surface area contributed by atoms with Crippen LogP contribution >= 0.6 is 48.0 Å². The van der Waals surface area contributed by atoms with E-state index in [0.717, 1.165) is 25.9 Å². The molecule has 4 heterocycles. The number of anilines is 2. The van der Waals surface area contributed by atoms with E-state index in [4.69, 9.17) is 38.4 Å². The van der Waals surface area contributed by atoms with Crippen LogP contribution in [0, 0.1) is 0 Å². The van der Waals surface area contributed by atoms with Gasteiger partial charge in [-0.1, -0.05) is 41.4 Å². The molecule has 2 aliphatic heterocycles. The Labute approximate surface area is 326 Å². The summed E-state index contributed by atoms with van der Waals surface area (Å²) in [6.45, 7) is 6.87. The van der Waals surface area contributed by atoms with Crippen LogP contribution in [0.25, 0.3) is 0 Å². The third kappa shape index (κ3) is 12.5. The molecule has 0 aliphatic carbocycles. The molecule has 0 atom stereocenters. The Bertz CT molecular complexity index is 1740. The predicted molar refractivity (Wildman–Crippen MR) is 205 cm³/mol. The minimum absolute atomic E-state index is 0. The third-order valence-corrected chi connectivity index (χ3v) is 9.82. The molecular formula is C33H43Cl4N7O7S. The van der Waals surface area contributed by atoms with Crippen LogP contribution < -0.4 is 25.6 Å². The molecule has 2 amide bonds. The molecule has 3 aromatic rings. The van der Waals surface area contributed by atoms with Crippen LogP contribution in [0.2, 0.25) is 10.0 Å². The van der Waals surface area contributed by atoms with Crippen molar-refractivity contribution in [2.24, 2.45) is 5.73 Å². The number of amides is 2. The van der Waals surface area contributed by atoms with E-state index in [1.165, 1.54) is 30.6 Å². The number of carbonyl (C=O) groups is 3. The number of pyridine rings is 2. The number of nitrogens with zero attached hydrogens (tertiary/aromatic N) is 4. The van der Waals surface area contributed by atoms with Crippen LogP contribution in [0.3, 0.4) is 0 Å². The molecule has 0 radical (unpaired) electrons. The number of hydrogen-bond donors (Lipinski definition) is 3. The average molecular weight is 824 g/mol. The number of benzene rings is 1. The third-order valence-electron chi connectivity index (χ3n) is 7.92. The van der Waals surface area contributed by atoms with Crippen LogP contribution in [0.5, 0.6) is 0 Å². The van der Waals surface area contributed by atoms with E-state index in [1.807, 2.05) is 9.62 Å². The molecule has 0 saturated carbocycles. The molecule has 4 N–H and O–H groups in total. The first-order valence-corrected chi connectivity index (χ1v) is 18.4. The summed E-state index contributed by atoms with van der Waals surface area (Å²) in [5.74, 6) is 0.373. The number of urea groups is 1. The number of carbonyl (C=O) groups excluding carboxylic acids is 3. The molecule has 2 aromatic heterocycles. The van der Waals surface area contributed by atoms with Crippen molar-refractivity contribution >= 4 is 87.6 Å². The van der Waals surface area contributed by atoms with Crippen LogP contribution in [0.15, 0.2) is 59.8 Å². The second-order valence-electron chi connectivity index (χ2n) is 11.5. The number of halogens is 4. The maximum atomic E-state index is 12.2. The van der Waals surface area contributed by atoms with Gasteiger partial charge in [0.15, 0.2) is 0 Å². The zero-order valence-electron chi connectivity index (χ0n) is 28.6. The smallest absolute Gasteiger partial charge is 0.339 e. The summed E-state index contributed by atoms with van der Waals surface area (Å²) in [6, 6.07) is 10.1. The van der Waals surface area contributed by atoms with Gasteiger partial charge in [-0.3, -0.25) is 0 Å². The van der Waals surface area contributed by atoms with E-state index in [2.05, 4.69) is 20.2 Å². The molecule has 14 nitrogen and oxygen atoms in total. The van der Waals surface area contributed by atoms with Crippen LogP contribution in [0.4, 0.5) is 16.4 Å². The van der Waals surface area contributed by atoms with Crippen molar-refractivity contribution in [3.05, 3.63) is 76.0 Å². The highest BCUT2D eigenvalue weighted by Gasteiger charge is 2.26. The zero-order chi connectivity index (χ0) is 36.3. The molecule has 286 valence electrons. The van der Waals surface area contributed by atoms with Crippen molar-refractivity contribution in [3.63, 3.8) is 0 Å². The molecule has 0 spiro atoms. The van der Waals surface area contributed by atoms with E-state index < -0.39 is 28.0 Å². The first-order valence-electron chi connectivity index (χ1n) is 16.2. The molecule has 2 aliphatic rings. The lowest BCUT2D eigenvalue weighted by molar-refractivity contribution is 0.0516. The normalized spacial score (nSPS) is 14.8. The predicted octanol–water partition coefficient (Wildman–Crippen LogP) is 5.25. The quantitative estimate of drug-likeness (QED) is 0.239. The van der Waals surface area contributed by atoms with Crippen LogP contribution in [-0.2, 0) is 19.5 Å². The summed E-state index contributed by atoms with van der Waals surface area (Å²) in [6.07, 6.45) is 5.95. The maximum Gasteiger partial charge on any atom is 0.339 e. The van der Waals surface area contributed by atoms with E-state index >= 15 is 0 Å². The second-order valence-corrected chi connectivity index (χ2v) is 14.0. The van der Waals surface area contributed by atoms with Gasteiger partial charge in [0.2, 0.25) is 0 Å². The fraction of sp³-hybridized carbons (Fsp3) is 0.424. The molecule has 1 aromatic carbocycles. The van der Waals surface area contributed by atoms with Gasteiger partial charge in [-0.15, -0.1) is 24.8 Å². The lowest BCUT2D eigenvalue weighted by atomic mass is 10.1. The summed E-state index contributed by atoms with van der Waals surface area (Å²) in [4.78, 5) is 48.2. The number of nitrogens with one attached hydrogen (secondary N) is 2. The number of esters is 2. The topological polar surface area (TPSA) is 186 Å². The molecule has 0 unspecified atom stereocenters. The van der Waals surface area contributed by atoms with Crippen molar-refractivity contribution < 1.29 is 32.3 Å². The summed E-state index contributed by atoms with van der Waals surface area (Å²) in [5, 5.41) is 3.51. The maximum absolute atomic E-state index is 12.2. The van der Waals surface area contributed by atoms with Gasteiger partial charge in [0.1, 0.15) is 11.6 Å². The van der Waals surface area contributed by atoms with E-state index in [1.54, 1.807) is 38.1 Å². The molecule has 52 heavy (non-hydrogen) atoms. The van der Waals surface area contributed by atoms with Gasteiger partial charge >= 0.3 is 18.0 Å². The highest BCUT2D eigenvalue weighted by Crippen LogP contribution is 2.28. The first kappa shape index (κ1) is 44.6. The van der Waals surface area contributed by atoms with Gasteiger partial charge in [-0.25, -0.2) is 37.5 Å². The number of piperidine rings is 2. The van der Waals surface area contributed by atoms with Crippen molar-refractivity contribution in [1.82, 2.24) is 20.0 Å². The Balaban J connectivity index is 0.000000385. The zero-order valence-corrected chi connectivity index (χ0v) is 32.6. The van der Waals surface area contributed by atoms with E-state index in [9.17, 15) is 22.8 Å². The van der Waals surface area contributed by atoms with E-state index in [-0.39, 0.29) is 54.0 Å². The van der Waals surface area contributed by atoms with Gasteiger partial charge in [0.25, 0.3) is 10.0 Å². The lowest BCUT2D eigenvalue weighted by Crippen LogP contribution is -2.49. The number of ether oxygens (including phenoxy) is 2. The average Bonchev–Trinajstić information content (AvgIpc) is 3.10. The molecule has 2 fully saturated rings. The highest BCUT2D eigenvalue weighted by atomic mass is 35.5. The number of sulfonamides is 1. The molecular weight excluding hydrogens is 780 g/mol. The summed E-state index contributed by atoms with van der Waals surface area (Å²) in [7, 11) is -3.92. The number of nitrogens with two attached hydrogens (primary N) is 1. The first-order chi connectivity index (χ1) is 23.9. The molecule has 2 saturated heterocycles. The largest absolute Gasteiger partial charge is 0.462 e. The van der Waals surface area contributed by atoms with Crippen molar-refractivity contribution in [3.8, 4) is 0 Å². The van der Waals surface area contributed by atoms with Crippen LogP contribution in [0.1, 0.15) is 60.2 Å². The van der Waals surface area contributed by atoms with Gasteiger partial charge in [0.05, 0.1) is 39.3 Å². The monoisotopic (exact) mass is 821 g/mol. The minimum atomic E-state index is -3.92. The van der Waals surface area contributed by atoms with Gasteiger partial charge < -0.3 is 30.3 Å². The van der Waals surface area contributed by atoms with Gasteiger partial charge in [-0.2, -0.15) is 0 Å². The lowest BCUT2D eigenvalue weighted by Gasteiger charge is -2.33.